The Bertz CT molecular complexity index is 1310. The van der Waals surface area contributed by atoms with E-state index in [1.807, 2.05) is 6.92 Å². The standard InChI is InChI=1S/C25H18BrF3N2O3/c1-14-11-17(5-6-19(14)26)22(32)20-21(16-7-9-30-10-8-16)31(24(34)23(20)33)13-15-3-2-4-18(12-15)25(27,28)29/h2-12,21,32H,13H2,1H3/b22-20+. The van der Waals surface area contributed by atoms with Crippen LogP contribution in [0.3, 0.4) is 0 Å². The van der Waals surface area contributed by atoms with Crippen molar-refractivity contribution in [3.8, 4) is 0 Å². The molecule has 4 rings (SSSR count). The normalized spacial score (nSPS) is 17.9. The zero-order chi connectivity index (χ0) is 24.6. The molecule has 0 radical (unpaired) electrons. The number of hydrogen-bond acceptors (Lipinski definition) is 4. The van der Waals surface area contributed by atoms with E-state index >= 15 is 0 Å². The number of nitrogens with zero attached hydrogens (tertiary/aromatic N) is 2. The summed E-state index contributed by atoms with van der Waals surface area (Å²) in [6.07, 6.45) is -1.60. The third kappa shape index (κ3) is 4.48. The van der Waals surface area contributed by atoms with Gasteiger partial charge in [0.15, 0.2) is 0 Å². The summed E-state index contributed by atoms with van der Waals surface area (Å²) in [5.74, 6) is -2.18. The van der Waals surface area contributed by atoms with Gasteiger partial charge in [0, 0.05) is 29.0 Å². The first-order valence-corrected chi connectivity index (χ1v) is 11.0. The summed E-state index contributed by atoms with van der Waals surface area (Å²) in [6.45, 7) is 1.56. The predicted molar refractivity (Wildman–Crippen MR) is 122 cm³/mol. The van der Waals surface area contributed by atoms with E-state index in [1.54, 1.807) is 30.3 Å². The molecular weight excluding hydrogens is 513 g/mol. The molecule has 1 aliphatic rings. The van der Waals surface area contributed by atoms with Gasteiger partial charge in [-0.1, -0.05) is 34.1 Å². The van der Waals surface area contributed by atoms with Crippen LogP contribution in [0.15, 0.2) is 77.0 Å². The molecule has 1 fully saturated rings. The van der Waals surface area contributed by atoms with E-state index in [-0.39, 0.29) is 23.4 Å². The quantitative estimate of drug-likeness (QED) is 0.263. The summed E-state index contributed by atoms with van der Waals surface area (Å²) in [7, 11) is 0. The smallest absolute Gasteiger partial charge is 0.416 e. The van der Waals surface area contributed by atoms with Crippen molar-refractivity contribution in [1.82, 2.24) is 9.88 Å². The summed E-state index contributed by atoms with van der Waals surface area (Å²) in [5.41, 5.74) is 0.864. The number of Topliss-reactive ketones (excluding diaryl/α,β-unsaturated/α-hetero) is 1. The zero-order valence-electron chi connectivity index (χ0n) is 17.8. The van der Waals surface area contributed by atoms with E-state index < -0.39 is 29.5 Å². The van der Waals surface area contributed by atoms with Crippen molar-refractivity contribution in [2.24, 2.45) is 0 Å². The molecule has 1 amide bonds. The molecule has 2 heterocycles. The number of amides is 1. The van der Waals surface area contributed by atoms with Gasteiger partial charge in [-0.25, -0.2) is 0 Å². The summed E-state index contributed by atoms with van der Waals surface area (Å²) in [6, 6.07) is 11.8. The maximum absolute atomic E-state index is 13.2. The van der Waals surface area contributed by atoms with Gasteiger partial charge >= 0.3 is 6.18 Å². The number of alkyl halides is 3. The van der Waals surface area contributed by atoms with Crippen molar-refractivity contribution in [1.29, 1.82) is 0 Å². The maximum Gasteiger partial charge on any atom is 0.416 e. The molecule has 0 bridgehead atoms. The number of likely N-dealkylation sites (tertiary alicyclic amines) is 1. The lowest BCUT2D eigenvalue weighted by atomic mass is 9.95. The van der Waals surface area contributed by atoms with Crippen molar-refractivity contribution in [3.63, 3.8) is 0 Å². The van der Waals surface area contributed by atoms with Gasteiger partial charge in [0.2, 0.25) is 0 Å². The predicted octanol–water partition coefficient (Wildman–Crippen LogP) is 5.79. The fourth-order valence-corrected chi connectivity index (χ4v) is 4.17. The van der Waals surface area contributed by atoms with Crippen LogP contribution in [0, 0.1) is 6.92 Å². The number of ketones is 1. The Morgan fingerprint density at radius 1 is 1.09 bits per heavy atom. The number of carbonyl (C=O) groups excluding carboxylic acids is 2. The highest BCUT2D eigenvalue weighted by Gasteiger charge is 2.46. The van der Waals surface area contributed by atoms with Crippen LogP contribution in [0.4, 0.5) is 13.2 Å². The van der Waals surface area contributed by atoms with Gasteiger partial charge in [-0.3, -0.25) is 14.6 Å². The van der Waals surface area contributed by atoms with Crippen molar-refractivity contribution in [2.75, 3.05) is 0 Å². The molecule has 5 nitrogen and oxygen atoms in total. The molecule has 1 N–H and O–H groups in total. The minimum Gasteiger partial charge on any atom is -0.507 e. The van der Waals surface area contributed by atoms with Crippen molar-refractivity contribution in [2.45, 2.75) is 25.7 Å². The molecule has 0 aliphatic carbocycles. The van der Waals surface area contributed by atoms with Crippen molar-refractivity contribution >= 4 is 33.4 Å². The van der Waals surface area contributed by atoms with Crippen LogP contribution in [0.1, 0.15) is 33.9 Å². The molecule has 34 heavy (non-hydrogen) atoms. The van der Waals surface area contributed by atoms with Gasteiger partial charge in [-0.05, 0) is 60.0 Å². The van der Waals surface area contributed by atoms with Crippen LogP contribution >= 0.6 is 15.9 Å². The van der Waals surface area contributed by atoms with Gasteiger partial charge in [-0.2, -0.15) is 13.2 Å². The van der Waals surface area contributed by atoms with E-state index in [0.29, 0.717) is 11.1 Å². The van der Waals surface area contributed by atoms with E-state index in [0.717, 1.165) is 22.2 Å². The largest absolute Gasteiger partial charge is 0.507 e. The van der Waals surface area contributed by atoms with Crippen LogP contribution in [0.2, 0.25) is 0 Å². The first-order chi connectivity index (χ1) is 16.1. The number of hydrogen-bond donors (Lipinski definition) is 1. The Kier molecular flexibility index (Phi) is 6.31. The van der Waals surface area contributed by atoms with E-state index in [9.17, 15) is 27.9 Å². The van der Waals surface area contributed by atoms with Crippen molar-refractivity contribution in [3.05, 3.63) is 105 Å². The minimum absolute atomic E-state index is 0.134. The molecule has 0 saturated carbocycles. The van der Waals surface area contributed by atoms with Gasteiger partial charge in [-0.15, -0.1) is 0 Å². The highest BCUT2D eigenvalue weighted by molar-refractivity contribution is 9.10. The molecule has 3 aromatic rings. The number of benzene rings is 2. The lowest BCUT2D eigenvalue weighted by molar-refractivity contribution is -0.140. The second-order valence-corrected chi connectivity index (χ2v) is 8.72. The number of aliphatic hydroxyl groups excluding tert-OH is 1. The fourth-order valence-electron chi connectivity index (χ4n) is 3.93. The molecular formula is C25H18BrF3N2O3. The molecule has 9 heteroatoms. The topological polar surface area (TPSA) is 70.5 Å². The molecule has 1 aliphatic heterocycles. The zero-order valence-corrected chi connectivity index (χ0v) is 19.4. The van der Waals surface area contributed by atoms with Crippen LogP contribution < -0.4 is 0 Å². The Hall–Kier alpha value is -3.46. The first kappa shape index (κ1) is 23.7. The number of aliphatic hydroxyl groups is 1. The third-order valence-corrected chi connectivity index (χ3v) is 6.49. The van der Waals surface area contributed by atoms with Gasteiger partial charge in [0.1, 0.15) is 5.76 Å². The van der Waals surface area contributed by atoms with E-state index in [4.69, 9.17) is 0 Å². The third-order valence-electron chi connectivity index (χ3n) is 5.60. The number of pyridine rings is 1. The highest BCUT2D eigenvalue weighted by Crippen LogP contribution is 2.40. The first-order valence-electron chi connectivity index (χ1n) is 10.2. The van der Waals surface area contributed by atoms with Crippen LogP contribution in [-0.2, 0) is 22.3 Å². The Labute approximate surface area is 201 Å². The van der Waals surface area contributed by atoms with Crippen LogP contribution in [-0.4, -0.2) is 26.7 Å². The Morgan fingerprint density at radius 2 is 1.79 bits per heavy atom. The number of aryl methyl sites for hydroxylation is 1. The number of rotatable bonds is 4. The monoisotopic (exact) mass is 530 g/mol. The summed E-state index contributed by atoms with van der Waals surface area (Å²) >= 11 is 3.38. The second kappa shape index (κ2) is 9.06. The molecule has 1 aromatic heterocycles. The van der Waals surface area contributed by atoms with Crippen LogP contribution in [0.5, 0.6) is 0 Å². The van der Waals surface area contributed by atoms with Crippen molar-refractivity contribution < 1.29 is 27.9 Å². The maximum atomic E-state index is 13.2. The average molecular weight is 531 g/mol. The SMILES string of the molecule is Cc1cc(/C(O)=C2\C(=O)C(=O)N(Cc3cccc(C(F)(F)F)c3)C2c2ccncc2)ccc1Br. The lowest BCUT2D eigenvalue weighted by Crippen LogP contribution is -2.29. The van der Waals surface area contributed by atoms with Crippen LogP contribution in [0.25, 0.3) is 5.76 Å². The molecule has 1 atom stereocenters. The molecule has 1 saturated heterocycles. The molecule has 0 spiro atoms. The van der Waals surface area contributed by atoms with Gasteiger partial charge < -0.3 is 10.0 Å². The molecule has 1 unspecified atom stereocenters. The summed E-state index contributed by atoms with van der Waals surface area (Å²) in [5, 5.41) is 11.1. The minimum atomic E-state index is -4.55. The number of halogens is 4. The van der Waals surface area contributed by atoms with Gasteiger partial charge in [0.05, 0.1) is 17.2 Å². The summed E-state index contributed by atoms with van der Waals surface area (Å²) < 4.78 is 40.4. The second-order valence-electron chi connectivity index (χ2n) is 7.87. The number of carbonyl (C=O) groups is 2. The van der Waals surface area contributed by atoms with E-state index in [2.05, 4.69) is 20.9 Å². The molecule has 2 aromatic carbocycles. The Balaban J connectivity index is 1.83. The molecule has 174 valence electrons. The summed E-state index contributed by atoms with van der Waals surface area (Å²) in [4.78, 5) is 31.2. The fraction of sp³-hybridized carbons (Fsp3) is 0.160. The Morgan fingerprint density at radius 3 is 2.44 bits per heavy atom. The average Bonchev–Trinajstić information content (AvgIpc) is 3.05. The van der Waals surface area contributed by atoms with E-state index in [1.165, 1.54) is 29.4 Å². The lowest BCUT2D eigenvalue weighted by Gasteiger charge is -2.25. The number of aromatic nitrogens is 1. The van der Waals surface area contributed by atoms with Gasteiger partial charge in [0.25, 0.3) is 11.7 Å². The highest BCUT2D eigenvalue weighted by atomic mass is 79.9.